The third-order valence-corrected chi connectivity index (χ3v) is 5.90. The quantitative estimate of drug-likeness (QED) is 0.325. The van der Waals surface area contributed by atoms with Gasteiger partial charge in [-0.3, -0.25) is 4.79 Å². The molecule has 0 aliphatic rings. The van der Waals surface area contributed by atoms with E-state index < -0.39 is 0 Å². The van der Waals surface area contributed by atoms with E-state index in [9.17, 15) is 4.79 Å². The van der Waals surface area contributed by atoms with Gasteiger partial charge in [-0.2, -0.15) is 0 Å². The highest BCUT2D eigenvalue weighted by Gasteiger charge is 2.22. The van der Waals surface area contributed by atoms with Crippen LogP contribution in [0, 0.1) is 11.8 Å². The third-order valence-electron chi connectivity index (χ3n) is 5.40. The van der Waals surface area contributed by atoms with Crippen LogP contribution in [0.15, 0.2) is 28.7 Å². The summed E-state index contributed by atoms with van der Waals surface area (Å²) < 4.78 is 0.972. The van der Waals surface area contributed by atoms with Crippen molar-refractivity contribution in [2.45, 2.75) is 79.1 Å². The summed E-state index contributed by atoms with van der Waals surface area (Å²) in [6.45, 7) is 10.8. The van der Waals surface area contributed by atoms with E-state index >= 15 is 0 Å². The molecule has 3 heteroatoms. The van der Waals surface area contributed by atoms with Crippen molar-refractivity contribution in [2.75, 3.05) is 13.1 Å². The van der Waals surface area contributed by atoms with Crippen molar-refractivity contribution in [1.82, 2.24) is 4.90 Å². The number of nitrogens with zero attached hydrogens (tertiary/aromatic N) is 1. The molecule has 0 aromatic heterocycles. The van der Waals surface area contributed by atoms with E-state index in [1.165, 1.54) is 38.5 Å². The lowest BCUT2D eigenvalue weighted by atomic mass is 9.95. The molecule has 0 heterocycles. The predicted molar refractivity (Wildman–Crippen MR) is 117 cm³/mol. The molecule has 2 atom stereocenters. The summed E-state index contributed by atoms with van der Waals surface area (Å²) in [5.41, 5.74) is 0.801. The fourth-order valence-corrected chi connectivity index (χ4v) is 3.90. The van der Waals surface area contributed by atoms with Gasteiger partial charge in [0.15, 0.2) is 0 Å². The first-order chi connectivity index (χ1) is 12.5. The summed E-state index contributed by atoms with van der Waals surface area (Å²) in [7, 11) is 0. The van der Waals surface area contributed by atoms with E-state index in [1.807, 2.05) is 24.3 Å². The van der Waals surface area contributed by atoms with E-state index in [4.69, 9.17) is 0 Å². The van der Waals surface area contributed by atoms with Crippen molar-refractivity contribution >= 4 is 21.8 Å². The van der Waals surface area contributed by atoms with Gasteiger partial charge >= 0.3 is 0 Å². The van der Waals surface area contributed by atoms with Crippen molar-refractivity contribution in [2.24, 2.45) is 11.8 Å². The molecule has 148 valence electrons. The Bertz CT molecular complexity index is 499. The largest absolute Gasteiger partial charge is 0.338 e. The summed E-state index contributed by atoms with van der Waals surface area (Å²) in [4.78, 5) is 15.4. The highest BCUT2D eigenvalue weighted by Crippen LogP contribution is 2.21. The fourth-order valence-electron chi connectivity index (χ4n) is 3.50. The van der Waals surface area contributed by atoms with Gasteiger partial charge in [-0.05, 0) is 42.9 Å². The Morgan fingerprint density at radius 2 is 1.50 bits per heavy atom. The minimum Gasteiger partial charge on any atom is -0.338 e. The van der Waals surface area contributed by atoms with Crippen LogP contribution in [-0.4, -0.2) is 23.9 Å². The Morgan fingerprint density at radius 3 is 1.92 bits per heavy atom. The normalized spacial score (nSPS) is 13.4. The molecular formula is C23H38BrNO. The number of amides is 1. The second kappa shape index (κ2) is 13.4. The van der Waals surface area contributed by atoms with Crippen LogP contribution in [0.4, 0.5) is 0 Å². The number of carbonyl (C=O) groups excluding carboxylic acids is 1. The van der Waals surface area contributed by atoms with Crippen LogP contribution in [0.1, 0.15) is 89.4 Å². The number of rotatable bonds is 13. The summed E-state index contributed by atoms with van der Waals surface area (Å²) in [6, 6.07) is 7.83. The molecule has 1 aromatic rings. The van der Waals surface area contributed by atoms with Gasteiger partial charge in [0, 0.05) is 23.1 Å². The molecule has 0 aliphatic heterocycles. The smallest absolute Gasteiger partial charge is 0.253 e. The van der Waals surface area contributed by atoms with Crippen LogP contribution in [0.2, 0.25) is 0 Å². The highest BCUT2D eigenvalue weighted by molar-refractivity contribution is 9.10. The molecule has 0 radical (unpaired) electrons. The van der Waals surface area contributed by atoms with Gasteiger partial charge in [-0.15, -0.1) is 0 Å². The van der Waals surface area contributed by atoms with Crippen molar-refractivity contribution in [3.05, 3.63) is 34.3 Å². The molecule has 26 heavy (non-hydrogen) atoms. The topological polar surface area (TPSA) is 20.3 Å². The zero-order chi connectivity index (χ0) is 19.4. The lowest BCUT2D eigenvalue weighted by molar-refractivity contribution is 0.0685. The molecule has 0 fully saturated rings. The number of unbranched alkanes of at least 4 members (excludes halogenated alkanes) is 2. The predicted octanol–water partition coefficient (Wildman–Crippen LogP) is 7.32. The number of hydrogen-bond donors (Lipinski definition) is 0. The third kappa shape index (κ3) is 8.24. The van der Waals surface area contributed by atoms with Gasteiger partial charge in [0.25, 0.3) is 5.91 Å². The Morgan fingerprint density at radius 1 is 0.962 bits per heavy atom. The monoisotopic (exact) mass is 423 g/mol. The fraction of sp³-hybridized carbons (Fsp3) is 0.696. The molecule has 2 nitrogen and oxygen atoms in total. The lowest BCUT2D eigenvalue weighted by Crippen LogP contribution is -2.39. The maximum Gasteiger partial charge on any atom is 0.253 e. The van der Waals surface area contributed by atoms with Crippen molar-refractivity contribution < 1.29 is 4.79 Å². The minimum atomic E-state index is 0.191. The molecule has 0 spiro atoms. The zero-order valence-corrected chi connectivity index (χ0v) is 18.9. The van der Waals surface area contributed by atoms with Gasteiger partial charge in [-0.1, -0.05) is 88.2 Å². The van der Waals surface area contributed by atoms with Gasteiger partial charge in [0.05, 0.1) is 0 Å². The Hall–Kier alpha value is -0.830. The van der Waals surface area contributed by atoms with Crippen molar-refractivity contribution in [3.8, 4) is 0 Å². The molecule has 0 saturated heterocycles. The standard InChI is InChI=1S/C23H38BrNO/c1-5-9-12-19(7-3)17-25(18-20(8-4)13-10-6-2)23(26)21-14-11-15-22(24)16-21/h11,14-16,19-20H,5-10,12-13,17-18H2,1-4H3. The van der Waals surface area contributed by atoms with Gasteiger partial charge < -0.3 is 4.90 Å². The van der Waals surface area contributed by atoms with Crippen LogP contribution in [0.25, 0.3) is 0 Å². The Balaban J connectivity index is 2.93. The number of halogens is 1. The van der Waals surface area contributed by atoms with E-state index in [-0.39, 0.29) is 5.91 Å². The lowest BCUT2D eigenvalue weighted by Gasteiger charge is -2.31. The Kier molecular flexibility index (Phi) is 11.9. The van der Waals surface area contributed by atoms with Crippen LogP contribution in [-0.2, 0) is 0 Å². The zero-order valence-electron chi connectivity index (χ0n) is 17.3. The first-order valence-electron chi connectivity index (χ1n) is 10.6. The molecular weight excluding hydrogens is 386 g/mol. The second-order valence-electron chi connectivity index (χ2n) is 7.55. The minimum absolute atomic E-state index is 0.191. The van der Waals surface area contributed by atoms with Gasteiger partial charge in [0.1, 0.15) is 0 Å². The van der Waals surface area contributed by atoms with E-state index in [0.717, 1.165) is 36.0 Å². The first-order valence-corrected chi connectivity index (χ1v) is 11.4. The van der Waals surface area contributed by atoms with Crippen LogP contribution < -0.4 is 0 Å². The SMILES string of the molecule is CCCCC(CC)CN(CC(CC)CCCC)C(=O)c1cccc(Br)c1. The van der Waals surface area contributed by atoms with Gasteiger partial charge in [-0.25, -0.2) is 0 Å². The maximum absolute atomic E-state index is 13.3. The van der Waals surface area contributed by atoms with Crippen molar-refractivity contribution in [1.29, 1.82) is 0 Å². The maximum atomic E-state index is 13.3. The molecule has 1 rings (SSSR count). The summed E-state index contributed by atoms with van der Waals surface area (Å²) in [5, 5.41) is 0. The summed E-state index contributed by atoms with van der Waals surface area (Å²) in [6.07, 6.45) is 9.70. The van der Waals surface area contributed by atoms with Crippen LogP contribution in [0.3, 0.4) is 0 Å². The summed E-state index contributed by atoms with van der Waals surface area (Å²) in [5.74, 6) is 1.40. The Labute approximate surface area is 169 Å². The molecule has 2 unspecified atom stereocenters. The first kappa shape index (κ1) is 23.2. The number of benzene rings is 1. The average molecular weight is 424 g/mol. The number of hydrogen-bond acceptors (Lipinski definition) is 1. The van der Waals surface area contributed by atoms with Crippen LogP contribution >= 0.6 is 15.9 Å². The second-order valence-corrected chi connectivity index (χ2v) is 8.47. The molecule has 0 saturated carbocycles. The van der Waals surface area contributed by atoms with Crippen molar-refractivity contribution in [3.63, 3.8) is 0 Å². The van der Waals surface area contributed by atoms with E-state index in [2.05, 4.69) is 48.5 Å². The number of carbonyl (C=O) groups is 1. The summed E-state index contributed by atoms with van der Waals surface area (Å²) >= 11 is 3.51. The molecule has 0 N–H and O–H groups in total. The van der Waals surface area contributed by atoms with E-state index in [0.29, 0.717) is 11.8 Å². The average Bonchev–Trinajstić information content (AvgIpc) is 2.66. The van der Waals surface area contributed by atoms with E-state index in [1.54, 1.807) is 0 Å². The molecule has 1 amide bonds. The van der Waals surface area contributed by atoms with Gasteiger partial charge in [0.2, 0.25) is 0 Å². The molecule has 0 bridgehead atoms. The van der Waals surface area contributed by atoms with Crippen LogP contribution in [0.5, 0.6) is 0 Å². The molecule has 1 aromatic carbocycles. The molecule has 0 aliphatic carbocycles. The highest BCUT2D eigenvalue weighted by atomic mass is 79.9.